The molecule has 74 valence electrons. The van der Waals surface area contributed by atoms with Gasteiger partial charge < -0.3 is 5.11 Å². The van der Waals surface area contributed by atoms with Gasteiger partial charge in [0.15, 0.2) is 0 Å². The number of aliphatic hydroxyl groups excluding tert-OH is 1. The summed E-state index contributed by atoms with van der Waals surface area (Å²) in [5, 5.41) is 16.7. The van der Waals surface area contributed by atoms with Gasteiger partial charge in [0.1, 0.15) is 0 Å². The van der Waals surface area contributed by atoms with Crippen LogP contribution >= 0.6 is 0 Å². The van der Waals surface area contributed by atoms with Crippen LogP contribution in [0.2, 0.25) is 0 Å². The number of nitrogens with zero attached hydrogens (tertiary/aromatic N) is 3. The van der Waals surface area contributed by atoms with Crippen LogP contribution in [0, 0.1) is 0 Å². The van der Waals surface area contributed by atoms with Crippen LogP contribution in [0.25, 0.3) is 0 Å². The third-order valence-electron chi connectivity index (χ3n) is 2.19. The van der Waals surface area contributed by atoms with Crippen molar-refractivity contribution in [3.05, 3.63) is 11.9 Å². The van der Waals surface area contributed by atoms with Crippen molar-refractivity contribution in [2.24, 2.45) is 0 Å². The fraction of sp³-hybridized carbons (Fsp3) is 0.778. The quantitative estimate of drug-likeness (QED) is 0.745. The first kappa shape index (κ1) is 10.2. The van der Waals surface area contributed by atoms with Gasteiger partial charge in [0.2, 0.25) is 0 Å². The summed E-state index contributed by atoms with van der Waals surface area (Å²) in [5.74, 6) is 0. The fourth-order valence-corrected chi connectivity index (χ4v) is 1.09. The molecular weight excluding hydrogens is 166 g/mol. The highest BCUT2D eigenvalue weighted by molar-refractivity contribution is 4.93. The van der Waals surface area contributed by atoms with Crippen LogP contribution in [0.5, 0.6) is 0 Å². The highest BCUT2D eigenvalue weighted by atomic mass is 16.2. The minimum Gasteiger partial charge on any atom is -0.396 e. The zero-order chi connectivity index (χ0) is 9.68. The van der Waals surface area contributed by atoms with Crippen LogP contribution < -0.4 is 0 Å². The van der Waals surface area contributed by atoms with E-state index in [0.29, 0.717) is 6.04 Å². The Morgan fingerprint density at radius 3 is 3.00 bits per heavy atom. The van der Waals surface area contributed by atoms with E-state index < -0.39 is 0 Å². The van der Waals surface area contributed by atoms with E-state index in [1.165, 1.54) is 0 Å². The Morgan fingerprint density at radius 2 is 2.38 bits per heavy atom. The van der Waals surface area contributed by atoms with Crippen LogP contribution in [0.3, 0.4) is 0 Å². The summed E-state index contributed by atoms with van der Waals surface area (Å²) in [6, 6.07) is 0.412. The number of rotatable bonds is 5. The first-order valence-electron chi connectivity index (χ1n) is 4.79. The standard InChI is InChI=1S/C9H17N3O/c1-3-8(2)12-7-9(10-11-12)5-4-6-13/h7-8,13H,3-6H2,1-2H3. The van der Waals surface area contributed by atoms with Crippen molar-refractivity contribution in [2.75, 3.05) is 6.61 Å². The molecule has 1 unspecified atom stereocenters. The first-order valence-corrected chi connectivity index (χ1v) is 4.79. The van der Waals surface area contributed by atoms with Crippen molar-refractivity contribution in [1.82, 2.24) is 15.0 Å². The van der Waals surface area contributed by atoms with Crippen LogP contribution in [0.15, 0.2) is 6.20 Å². The number of hydrogen-bond donors (Lipinski definition) is 1. The summed E-state index contributed by atoms with van der Waals surface area (Å²) in [6.45, 7) is 4.46. The Morgan fingerprint density at radius 1 is 1.62 bits per heavy atom. The lowest BCUT2D eigenvalue weighted by atomic mass is 10.2. The maximum atomic E-state index is 8.63. The second kappa shape index (κ2) is 4.97. The normalized spacial score (nSPS) is 13.2. The first-order chi connectivity index (χ1) is 6.27. The number of aryl methyl sites for hydroxylation is 1. The molecular formula is C9H17N3O. The topological polar surface area (TPSA) is 50.9 Å². The van der Waals surface area contributed by atoms with Gasteiger partial charge >= 0.3 is 0 Å². The Kier molecular flexibility index (Phi) is 3.89. The smallest absolute Gasteiger partial charge is 0.0828 e. The van der Waals surface area contributed by atoms with Crippen LogP contribution in [0.1, 0.15) is 38.4 Å². The van der Waals surface area contributed by atoms with E-state index in [1.807, 2.05) is 10.9 Å². The summed E-state index contributed by atoms with van der Waals surface area (Å²) in [5.41, 5.74) is 0.967. The van der Waals surface area contributed by atoms with Crippen molar-refractivity contribution in [1.29, 1.82) is 0 Å². The molecule has 4 nitrogen and oxygen atoms in total. The van der Waals surface area contributed by atoms with Crippen molar-refractivity contribution < 1.29 is 5.11 Å². The Balaban J connectivity index is 2.53. The van der Waals surface area contributed by atoms with Crippen molar-refractivity contribution in [2.45, 2.75) is 39.2 Å². The maximum absolute atomic E-state index is 8.63. The summed E-state index contributed by atoms with van der Waals surface area (Å²) >= 11 is 0. The lowest BCUT2D eigenvalue weighted by Gasteiger charge is -2.05. The summed E-state index contributed by atoms with van der Waals surface area (Å²) < 4.78 is 1.88. The van der Waals surface area contributed by atoms with E-state index in [2.05, 4.69) is 24.2 Å². The predicted octanol–water partition coefficient (Wildman–Crippen LogP) is 1.17. The molecule has 0 amide bonds. The van der Waals surface area contributed by atoms with E-state index >= 15 is 0 Å². The molecule has 0 bridgehead atoms. The van der Waals surface area contributed by atoms with E-state index in [0.717, 1.165) is 25.0 Å². The van der Waals surface area contributed by atoms with Gasteiger partial charge in [0.05, 0.1) is 11.7 Å². The molecule has 0 aliphatic rings. The summed E-state index contributed by atoms with van der Waals surface area (Å²) in [6.07, 6.45) is 4.60. The average Bonchev–Trinajstić information content (AvgIpc) is 2.62. The van der Waals surface area contributed by atoms with Crippen LogP contribution in [-0.2, 0) is 6.42 Å². The third-order valence-corrected chi connectivity index (χ3v) is 2.19. The molecule has 0 radical (unpaired) electrons. The summed E-state index contributed by atoms with van der Waals surface area (Å²) in [4.78, 5) is 0. The number of aromatic nitrogens is 3. The Bertz CT molecular complexity index is 247. The highest BCUT2D eigenvalue weighted by Gasteiger charge is 2.04. The van der Waals surface area contributed by atoms with Gasteiger partial charge in [-0.15, -0.1) is 5.10 Å². The molecule has 0 aliphatic carbocycles. The van der Waals surface area contributed by atoms with Crippen LogP contribution in [0.4, 0.5) is 0 Å². The lowest BCUT2D eigenvalue weighted by Crippen LogP contribution is -2.03. The van der Waals surface area contributed by atoms with Gasteiger partial charge in [0, 0.05) is 12.8 Å². The zero-order valence-electron chi connectivity index (χ0n) is 8.27. The lowest BCUT2D eigenvalue weighted by molar-refractivity contribution is 0.288. The molecule has 0 fully saturated rings. The predicted molar refractivity (Wildman–Crippen MR) is 50.4 cm³/mol. The Labute approximate surface area is 78.6 Å². The summed E-state index contributed by atoms with van der Waals surface area (Å²) in [7, 11) is 0. The molecule has 1 aromatic heterocycles. The molecule has 13 heavy (non-hydrogen) atoms. The van der Waals surface area contributed by atoms with E-state index in [1.54, 1.807) is 0 Å². The van der Waals surface area contributed by atoms with Crippen molar-refractivity contribution in [3.63, 3.8) is 0 Å². The fourth-order valence-electron chi connectivity index (χ4n) is 1.09. The maximum Gasteiger partial charge on any atom is 0.0828 e. The van der Waals surface area contributed by atoms with Crippen molar-refractivity contribution >= 4 is 0 Å². The molecule has 4 heteroatoms. The highest BCUT2D eigenvalue weighted by Crippen LogP contribution is 2.08. The van der Waals surface area contributed by atoms with Crippen LogP contribution in [-0.4, -0.2) is 26.7 Å². The minimum absolute atomic E-state index is 0.218. The molecule has 1 atom stereocenters. The molecule has 0 aliphatic heterocycles. The monoisotopic (exact) mass is 183 g/mol. The largest absolute Gasteiger partial charge is 0.396 e. The van der Waals surface area contributed by atoms with Gasteiger partial charge in [-0.3, -0.25) is 0 Å². The minimum atomic E-state index is 0.218. The van der Waals surface area contributed by atoms with Gasteiger partial charge in [-0.05, 0) is 26.2 Å². The second-order valence-electron chi connectivity index (χ2n) is 3.27. The van der Waals surface area contributed by atoms with E-state index in [4.69, 9.17) is 5.11 Å². The molecule has 0 aromatic carbocycles. The number of aliphatic hydroxyl groups is 1. The van der Waals surface area contributed by atoms with E-state index in [9.17, 15) is 0 Å². The second-order valence-corrected chi connectivity index (χ2v) is 3.27. The zero-order valence-corrected chi connectivity index (χ0v) is 8.27. The molecule has 1 N–H and O–H groups in total. The van der Waals surface area contributed by atoms with Gasteiger partial charge in [-0.25, -0.2) is 4.68 Å². The molecule has 0 saturated heterocycles. The molecule has 1 heterocycles. The Hall–Kier alpha value is -0.900. The SMILES string of the molecule is CCC(C)n1cc(CCCO)nn1. The third kappa shape index (κ3) is 2.81. The van der Waals surface area contributed by atoms with Gasteiger partial charge in [-0.2, -0.15) is 0 Å². The molecule has 0 saturated carbocycles. The number of hydrogen-bond acceptors (Lipinski definition) is 3. The average molecular weight is 183 g/mol. The van der Waals surface area contributed by atoms with Gasteiger partial charge in [0.25, 0.3) is 0 Å². The molecule has 0 spiro atoms. The van der Waals surface area contributed by atoms with Gasteiger partial charge in [-0.1, -0.05) is 12.1 Å². The molecule has 1 aromatic rings. The van der Waals surface area contributed by atoms with Crippen molar-refractivity contribution in [3.8, 4) is 0 Å². The molecule has 1 rings (SSSR count). The van der Waals surface area contributed by atoms with E-state index in [-0.39, 0.29) is 6.61 Å².